The minimum atomic E-state index is -0.0361. The number of hydrogen-bond donors (Lipinski definition) is 0. The first kappa shape index (κ1) is 15.6. The van der Waals surface area contributed by atoms with E-state index in [4.69, 9.17) is 0 Å². The molecule has 0 aliphatic carbocycles. The Morgan fingerprint density at radius 1 is 1.00 bits per heavy atom. The summed E-state index contributed by atoms with van der Waals surface area (Å²) in [6.07, 6.45) is 2.00. The van der Waals surface area contributed by atoms with E-state index >= 15 is 0 Å². The van der Waals surface area contributed by atoms with Crippen molar-refractivity contribution in [2.75, 3.05) is 6.54 Å². The second-order valence-corrected chi connectivity index (χ2v) is 6.33. The van der Waals surface area contributed by atoms with E-state index in [1.54, 1.807) is 0 Å². The van der Waals surface area contributed by atoms with Crippen molar-refractivity contribution in [1.29, 1.82) is 0 Å². The molecule has 2 aromatic carbocycles. The number of nitrogens with zero attached hydrogens (tertiary/aromatic N) is 4. The normalized spacial score (nSPS) is 17.0. The zero-order chi connectivity index (χ0) is 17.2. The molecule has 1 fully saturated rings. The van der Waals surface area contributed by atoms with Gasteiger partial charge >= 0.3 is 0 Å². The number of carbonyl (C=O) groups is 1. The molecule has 25 heavy (non-hydrogen) atoms. The lowest BCUT2D eigenvalue weighted by atomic mass is 10.0. The van der Waals surface area contributed by atoms with Crippen molar-refractivity contribution in [3.8, 4) is 5.69 Å². The van der Waals surface area contributed by atoms with Crippen LogP contribution in [-0.4, -0.2) is 32.3 Å². The van der Waals surface area contributed by atoms with Crippen molar-refractivity contribution in [3.63, 3.8) is 0 Å². The fourth-order valence-electron chi connectivity index (χ4n) is 3.42. The molecule has 0 bridgehead atoms. The van der Waals surface area contributed by atoms with Crippen LogP contribution >= 0.6 is 0 Å². The number of aromatic nitrogens is 3. The van der Waals surface area contributed by atoms with Gasteiger partial charge in [-0.2, -0.15) is 9.90 Å². The maximum absolute atomic E-state index is 13.1. The predicted molar refractivity (Wildman–Crippen MR) is 95.5 cm³/mol. The van der Waals surface area contributed by atoms with E-state index in [9.17, 15) is 4.79 Å². The van der Waals surface area contributed by atoms with Crippen LogP contribution in [0.4, 0.5) is 0 Å². The molecule has 5 heteroatoms. The highest BCUT2D eigenvalue weighted by atomic mass is 16.2. The monoisotopic (exact) mass is 332 g/mol. The van der Waals surface area contributed by atoms with Gasteiger partial charge in [0.05, 0.1) is 17.4 Å². The summed E-state index contributed by atoms with van der Waals surface area (Å²) < 4.78 is 0. The number of rotatable bonds is 3. The molecule has 1 saturated heterocycles. The smallest absolute Gasteiger partial charge is 0.276 e. The van der Waals surface area contributed by atoms with Gasteiger partial charge in [0.2, 0.25) is 0 Å². The molecule has 1 aliphatic rings. The molecule has 5 nitrogen and oxygen atoms in total. The van der Waals surface area contributed by atoms with Crippen LogP contribution in [0.25, 0.3) is 5.69 Å². The third kappa shape index (κ3) is 2.93. The number of para-hydroxylation sites is 1. The third-order valence-corrected chi connectivity index (χ3v) is 4.67. The summed E-state index contributed by atoms with van der Waals surface area (Å²) in [6, 6.07) is 20.0. The number of aryl methyl sites for hydroxylation is 1. The lowest BCUT2D eigenvalue weighted by Gasteiger charge is -2.24. The van der Waals surface area contributed by atoms with Gasteiger partial charge < -0.3 is 4.90 Å². The van der Waals surface area contributed by atoms with Gasteiger partial charge in [-0.25, -0.2) is 0 Å². The van der Waals surface area contributed by atoms with E-state index in [1.165, 1.54) is 10.4 Å². The fraction of sp³-hybridized carbons (Fsp3) is 0.250. The lowest BCUT2D eigenvalue weighted by Crippen LogP contribution is -2.31. The van der Waals surface area contributed by atoms with E-state index in [2.05, 4.69) is 22.3 Å². The molecule has 0 spiro atoms. The third-order valence-electron chi connectivity index (χ3n) is 4.67. The number of carbonyl (C=O) groups excluding carboxylic acids is 1. The highest BCUT2D eigenvalue weighted by Crippen LogP contribution is 2.33. The van der Waals surface area contributed by atoms with Gasteiger partial charge in [-0.05, 0) is 37.5 Å². The summed E-state index contributed by atoms with van der Waals surface area (Å²) >= 11 is 0. The van der Waals surface area contributed by atoms with Crippen molar-refractivity contribution in [2.45, 2.75) is 25.8 Å². The molecule has 126 valence electrons. The van der Waals surface area contributed by atoms with Crippen LogP contribution in [0.5, 0.6) is 0 Å². The average Bonchev–Trinajstić information content (AvgIpc) is 3.30. The maximum Gasteiger partial charge on any atom is 0.276 e. The number of hydrogen-bond acceptors (Lipinski definition) is 3. The number of likely N-dealkylation sites (tertiary alicyclic amines) is 1. The molecule has 1 atom stereocenters. The van der Waals surface area contributed by atoms with Gasteiger partial charge in [0.1, 0.15) is 0 Å². The molecular weight excluding hydrogens is 312 g/mol. The Labute approximate surface area is 146 Å². The van der Waals surface area contributed by atoms with Gasteiger partial charge in [-0.3, -0.25) is 4.79 Å². The Morgan fingerprint density at radius 2 is 1.68 bits per heavy atom. The SMILES string of the molecule is Cc1nn(-c2ccccc2)nc1C(=O)N1CCC[C@H]1c1ccccc1. The summed E-state index contributed by atoms with van der Waals surface area (Å²) in [6.45, 7) is 2.60. The first-order chi connectivity index (χ1) is 12.2. The van der Waals surface area contributed by atoms with Crippen LogP contribution in [0.15, 0.2) is 60.7 Å². The summed E-state index contributed by atoms with van der Waals surface area (Å²) in [4.78, 5) is 16.6. The van der Waals surface area contributed by atoms with Gasteiger partial charge in [-0.15, -0.1) is 5.10 Å². The second kappa shape index (κ2) is 6.51. The second-order valence-electron chi connectivity index (χ2n) is 6.33. The molecule has 4 rings (SSSR count). The molecule has 0 unspecified atom stereocenters. The van der Waals surface area contributed by atoms with E-state index in [1.807, 2.05) is 60.4 Å². The highest BCUT2D eigenvalue weighted by molar-refractivity contribution is 5.93. The molecule has 0 N–H and O–H groups in total. The van der Waals surface area contributed by atoms with Crippen LogP contribution in [0, 0.1) is 6.92 Å². The zero-order valence-corrected chi connectivity index (χ0v) is 14.2. The Hall–Kier alpha value is -2.95. The van der Waals surface area contributed by atoms with Crippen LogP contribution in [0.3, 0.4) is 0 Å². The van der Waals surface area contributed by atoms with Gasteiger partial charge in [0, 0.05) is 6.54 Å². The topological polar surface area (TPSA) is 51.0 Å². The summed E-state index contributed by atoms with van der Waals surface area (Å²) in [5, 5.41) is 8.90. The first-order valence-corrected chi connectivity index (χ1v) is 8.59. The Morgan fingerprint density at radius 3 is 2.40 bits per heavy atom. The Balaban J connectivity index is 1.64. The molecular formula is C20H20N4O. The maximum atomic E-state index is 13.1. The van der Waals surface area contributed by atoms with Crippen LogP contribution in [-0.2, 0) is 0 Å². The average molecular weight is 332 g/mol. The summed E-state index contributed by atoms with van der Waals surface area (Å²) in [7, 11) is 0. The fourth-order valence-corrected chi connectivity index (χ4v) is 3.42. The molecule has 1 amide bonds. The molecule has 3 aromatic rings. The first-order valence-electron chi connectivity index (χ1n) is 8.59. The standard InChI is InChI=1S/C20H20N4O/c1-15-19(22-24(21-15)17-11-6-3-7-12-17)20(25)23-14-8-13-18(23)16-9-4-2-5-10-16/h2-7,9-12,18H,8,13-14H2,1H3/t18-/m0/s1. The molecule has 0 radical (unpaired) electrons. The molecule has 1 aliphatic heterocycles. The summed E-state index contributed by atoms with van der Waals surface area (Å²) in [5.74, 6) is -0.0361. The molecule has 1 aromatic heterocycles. The van der Waals surface area contributed by atoms with Crippen molar-refractivity contribution < 1.29 is 4.79 Å². The van der Waals surface area contributed by atoms with Crippen molar-refractivity contribution in [1.82, 2.24) is 19.9 Å². The van der Waals surface area contributed by atoms with Crippen LogP contribution < -0.4 is 0 Å². The van der Waals surface area contributed by atoms with Crippen molar-refractivity contribution in [2.24, 2.45) is 0 Å². The predicted octanol–water partition coefficient (Wildman–Crippen LogP) is 3.55. The largest absolute Gasteiger partial charge is 0.330 e. The van der Waals surface area contributed by atoms with Crippen molar-refractivity contribution in [3.05, 3.63) is 77.6 Å². The molecule has 0 saturated carbocycles. The van der Waals surface area contributed by atoms with E-state index < -0.39 is 0 Å². The van der Waals surface area contributed by atoms with E-state index in [0.29, 0.717) is 11.4 Å². The zero-order valence-electron chi connectivity index (χ0n) is 14.2. The quantitative estimate of drug-likeness (QED) is 0.737. The van der Waals surface area contributed by atoms with Crippen LogP contribution in [0.2, 0.25) is 0 Å². The van der Waals surface area contributed by atoms with Gasteiger partial charge in [-0.1, -0.05) is 48.5 Å². The minimum Gasteiger partial charge on any atom is -0.330 e. The Bertz CT molecular complexity index is 873. The summed E-state index contributed by atoms with van der Waals surface area (Å²) in [5.41, 5.74) is 3.13. The van der Waals surface area contributed by atoms with Crippen molar-refractivity contribution >= 4 is 5.91 Å². The highest BCUT2D eigenvalue weighted by Gasteiger charge is 2.32. The van der Waals surface area contributed by atoms with E-state index in [-0.39, 0.29) is 11.9 Å². The molecule has 2 heterocycles. The lowest BCUT2D eigenvalue weighted by molar-refractivity contribution is 0.0728. The Kier molecular flexibility index (Phi) is 4.06. The van der Waals surface area contributed by atoms with Crippen LogP contribution in [0.1, 0.15) is 40.6 Å². The van der Waals surface area contributed by atoms with E-state index in [0.717, 1.165) is 25.1 Å². The number of amides is 1. The minimum absolute atomic E-state index is 0.0361. The van der Waals surface area contributed by atoms with Gasteiger partial charge in [0.25, 0.3) is 5.91 Å². The van der Waals surface area contributed by atoms with Gasteiger partial charge in [0.15, 0.2) is 5.69 Å². The number of benzene rings is 2.